The van der Waals surface area contributed by atoms with Crippen molar-refractivity contribution in [2.45, 2.75) is 57.8 Å². The molecule has 0 N–H and O–H groups in total. The van der Waals surface area contributed by atoms with E-state index >= 15 is 0 Å². The molecule has 0 spiro atoms. The second-order valence-electron chi connectivity index (χ2n) is 37.5. The highest BCUT2D eigenvalue weighted by atomic mass is 15.2. The predicted octanol–water partition coefficient (Wildman–Crippen LogP) is 30.8. The third kappa shape index (κ3) is 13.7. The number of fused-ring (bicyclic) bond motifs is 21. The topological polar surface area (TPSA) is 131 Å². The zero-order valence-corrected chi connectivity index (χ0v) is 76.9. The third-order valence-corrected chi connectivity index (χ3v) is 28.4. The van der Waals surface area contributed by atoms with E-state index in [1.54, 1.807) is 0 Å². The first-order valence-electron chi connectivity index (χ1n) is 47.2. The molecule has 0 unspecified atom stereocenters. The van der Waals surface area contributed by atoms with Crippen LogP contribution < -0.4 is 0 Å². The number of nitrogens with zero attached hydrogens (tertiary/aromatic N) is 12. The lowest BCUT2D eigenvalue weighted by atomic mass is 9.82. The number of para-hydroxylation sites is 2. The van der Waals surface area contributed by atoms with E-state index in [0.717, 1.165) is 77.8 Å². The van der Waals surface area contributed by atoms with Crippen LogP contribution in [0.3, 0.4) is 0 Å². The van der Waals surface area contributed by atoms with E-state index < -0.39 is 0 Å². The summed E-state index contributed by atoms with van der Waals surface area (Å²) in [5.41, 5.74) is 34.8. The molecule has 0 aliphatic heterocycles. The maximum Gasteiger partial charge on any atom is 0.238 e. The minimum absolute atomic E-state index is 0.0607. The summed E-state index contributed by atoms with van der Waals surface area (Å²) in [6, 6.07) is 153. The number of rotatable bonds is 12. The van der Waals surface area contributed by atoms with E-state index in [4.69, 9.17) is 44.9 Å². The highest BCUT2D eigenvalue weighted by Crippen LogP contribution is 2.57. The Morgan fingerprint density at radius 2 is 0.428 bits per heavy atom. The van der Waals surface area contributed by atoms with Crippen molar-refractivity contribution in [1.29, 1.82) is 0 Å². The fourth-order valence-corrected chi connectivity index (χ4v) is 21.7. The monoisotopic (exact) mass is 1770 g/mol. The minimum atomic E-state index is -0.111. The fourth-order valence-electron chi connectivity index (χ4n) is 21.7. The maximum atomic E-state index is 5.21. The van der Waals surface area contributed by atoms with Gasteiger partial charge >= 0.3 is 0 Å². The van der Waals surface area contributed by atoms with E-state index in [9.17, 15) is 0 Å². The van der Waals surface area contributed by atoms with Crippen molar-refractivity contribution < 1.29 is 0 Å². The first kappa shape index (κ1) is 82.3. The van der Waals surface area contributed by atoms with E-state index in [2.05, 4.69) is 371 Å². The summed E-state index contributed by atoms with van der Waals surface area (Å²) in [6.07, 6.45) is 0. The van der Waals surface area contributed by atoms with Crippen molar-refractivity contribution in [2.24, 2.45) is 0 Å². The zero-order chi connectivity index (χ0) is 92.5. The van der Waals surface area contributed by atoms with Gasteiger partial charge in [0, 0.05) is 93.2 Å². The molecule has 138 heavy (non-hydrogen) atoms. The quantitative estimate of drug-likeness (QED) is 0.117. The number of hydrogen-bond acceptors (Lipinski definition) is 9. The molecule has 27 rings (SSSR count). The fraction of sp³-hybridized carbons (Fsp3) is 0.0714. The van der Waals surface area contributed by atoms with E-state index in [-0.39, 0.29) is 16.2 Å². The van der Waals surface area contributed by atoms with Crippen molar-refractivity contribution in [1.82, 2.24) is 58.6 Å². The van der Waals surface area contributed by atoms with Gasteiger partial charge in [0.2, 0.25) is 11.9 Å². The lowest BCUT2D eigenvalue weighted by molar-refractivity contribution is 0.660. The zero-order valence-electron chi connectivity index (χ0n) is 76.9. The molecular formula is C126H90N12. The molecule has 0 atom stereocenters. The van der Waals surface area contributed by atoms with Crippen LogP contribution in [0.5, 0.6) is 0 Å². The molecule has 18 aromatic carbocycles. The minimum Gasteiger partial charge on any atom is -0.309 e. The molecule has 6 aromatic heterocycles. The standard InChI is InChI=1S/3C42H30N4/c1-42(2)33-21-13-12-20-31(33)37-34(42)23-25-36-38(37)32-26-30(27-14-6-3-7-15-27)22-24-35(32)46(36)41-44-39(28-16-8-4-9-17-28)43-40(45-41)29-18-10-5-11-19-29;1-42(2)33-22-11-9-20-31(33)37-34(42)24-25-36-38(37)32-21-10-12-23-35(32)46(36)30-19-13-18-29(26-30)41-44-39(27-14-5-3-6-15-27)43-40(45-41)28-16-7-4-8-17-28;1-42(2)33-22-11-9-20-31(33)37-34(42)24-25-36-38(37)32-21-10-12-23-35(32)46(36)41-44-39(28-16-7-4-8-17-28)43-40(45-41)30-19-13-18-29(26-30)27-14-5-3-6-15-27/h3*3-26H,1-2H3. The molecule has 12 heteroatoms. The van der Waals surface area contributed by atoms with Crippen molar-refractivity contribution in [2.75, 3.05) is 0 Å². The van der Waals surface area contributed by atoms with Gasteiger partial charge in [-0.1, -0.05) is 418 Å². The van der Waals surface area contributed by atoms with Crippen LogP contribution in [0.4, 0.5) is 0 Å². The van der Waals surface area contributed by atoms with Crippen LogP contribution in [-0.2, 0) is 16.2 Å². The van der Waals surface area contributed by atoms with Crippen molar-refractivity contribution in [3.63, 3.8) is 0 Å². The Morgan fingerprint density at radius 1 is 0.167 bits per heavy atom. The average Bonchev–Trinajstić information content (AvgIpc) is 1.53. The van der Waals surface area contributed by atoms with Gasteiger partial charge in [0.25, 0.3) is 0 Å². The van der Waals surface area contributed by atoms with Gasteiger partial charge in [-0.15, -0.1) is 0 Å². The van der Waals surface area contributed by atoms with E-state index in [1.807, 2.05) is 121 Å². The van der Waals surface area contributed by atoms with Crippen LogP contribution in [0.1, 0.15) is 74.9 Å². The Balaban J connectivity index is 0.000000110. The second kappa shape index (κ2) is 32.9. The van der Waals surface area contributed by atoms with Crippen molar-refractivity contribution in [3.05, 3.63) is 470 Å². The lowest BCUT2D eigenvalue weighted by Gasteiger charge is -2.21. The van der Waals surface area contributed by atoms with E-state index in [0.29, 0.717) is 52.7 Å². The molecule has 12 nitrogen and oxygen atoms in total. The van der Waals surface area contributed by atoms with Gasteiger partial charge in [0.15, 0.2) is 40.8 Å². The number of hydrogen-bond donors (Lipinski definition) is 0. The molecule has 654 valence electrons. The Labute approximate surface area is 799 Å². The first-order valence-corrected chi connectivity index (χ1v) is 47.2. The molecule has 0 radical (unpaired) electrons. The Kier molecular flexibility index (Phi) is 19.6. The normalized spacial score (nSPS) is 13.2. The van der Waals surface area contributed by atoms with Crippen LogP contribution in [0, 0.1) is 0 Å². The van der Waals surface area contributed by atoms with Gasteiger partial charge < -0.3 is 4.57 Å². The largest absolute Gasteiger partial charge is 0.309 e. The number of benzene rings is 18. The molecule has 0 amide bonds. The smallest absolute Gasteiger partial charge is 0.238 e. The van der Waals surface area contributed by atoms with Crippen molar-refractivity contribution >= 4 is 65.4 Å². The van der Waals surface area contributed by atoms with Crippen LogP contribution in [-0.4, -0.2) is 58.6 Å². The van der Waals surface area contributed by atoms with Gasteiger partial charge in [0.05, 0.1) is 33.1 Å². The summed E-state index contributed by atoms with van der Waals surface area (Å²) in [4.78, 5) is 45.6. The van der Waals surface area contributed by atoms with Crippen LogP contribution in [0.2, 0.25) is 0 Å². The van der Waals surface area contributed by atoms with Crippen LogP contribution >= 0.6 is 0 Å². The molecule has 0 fully saturated rings. The Bertz CT molecular complexity index is 8840. The Hall–Kier alpha value is -17.6. The summed E-state index contributed by atoms with van der Waals surface area (Å²) in [6.45, 7) is 14.0. The third-order valence-electron chi connectivity index (χ3n) is 28.4. The second-order valence-corrected chi connectivity index (χ2v) is 37.5. The first-order chi connectivity index (χ1) is 67.7. The predicted molar refractivity (Wildman–Crippen MR) is 564 cm³/mol. The van der Waals surface area contributed by atoms with Gasteiger partial charge in [-0.2, -0.15) is 19.9 Å². The lowest BCUT2D eigenvalue weighted by Crippen LogP contribution is -2.14. The maximum absolute atomic E-state index is 5.21. The van der Waals surface area contributed by atoms with Gasteiger partial charge in [-0.25, -0.2) is 24.9 Å². The van der Waals surface area contributed by atoms with Crippen LogP contribution in [0.15, 0.2) is 437 Å². The highest BCUT2D eigenvalue weighted by Gasteiger charge is 2.41. The van der Waals surface area contributed by atoms with Crippen molar-refractivity contribution in [3.8, 4) is 153 Å². The summed E-state index contributed by atoms with van der Waals surface area (Å²) >= 11 is 0. The average molecular weight is 1770 g/mol. The summed E-state index contributed by atoms with van der Waals surface area (Å²) in [7, 11) is 0. The van der Waals surface area contributed by atoms with Gasteiger partial charge in [-0.05, 0) is 150 Å². The molecular weight excluding hydrogens is 1680 g/mol. The molecule has 3 aliphatic carbocycles. The number of aromatic nitrogens is 12. The van der Waals surface area contributed by atoms with E-state index in [1.165, 1.54) is 121 Å². The van der Waals surface area contributed by atoms with Crippen LogP contribution in [0.25, 0.3) is 218 Å². The molecule has 3 aliphatic rings. The Morgan fingerprint density at radius 3 is 0.819 bits per heavy atom. The molecule has 0 saturated carbocycles. The summed E-state index contributed by atoms with van der Waals surface area (Å²) < 4.78 is 6.84. The van der Waals surface area contributed by atoms with Gasteiger partial charge in [-0.3, -0.25) is 9.13 Å². The summed E-state index contributed by atoms with van der Waals surface area (Å²) in [5.74, 6) is 5.74. The van der Waals surface area contributed by atoms with Gasteiger partial charge in [0.1, 0.15) is 0 Å². The SMILES string of the molecule is CC1(C)c2ccccc2-c2c1ccc1c2c2cc(-c3ccccc3)ccc2n1-c1nc(-c2ccccc2)nc(-c2ccccc2)n1.CC1(C)c2ccccc2-c2c1ccc1c2c2ccccc2n1-c1cccc(-c2nc(-c3ccccc3)nc(-c3ccccc3)n2)c1.CC1(C)c2ccccc2-c2c1ccc1c2c2ccccc2n1-c1nc(-c2ccccc2)nc(-c2cccc(-c3ccccc3)c2)n1. The molecule has 24 aromatic rings. The molecule has 0 bridgehead atoms. The molecule has 6 heterocycles. The summed E-state index contributed by atoms with van der Waals surface area (Å²) in [5, 5.41) is 7.39. The molecule has 0 saturated heterocycles. The highest BCUT2D eigenvalue weighted by molar-refractivity contribution is 6.21.